The Kier molecular flexibility index (Phi) is 3.90. The Bertz CT molecular complexity index is 564. The summed E-state index contributed by atoms with van der Waals surface area (Å²) in [6.45, 7) is 1.16. The van der Waals surface area contributed by atoms with Gasteiger partial charge in [0.05, 0.1) is 5.69 Å². The number of benzene rings is 1. The van der Waals surface area contributed by atoms with Crippen LogP contribution < -0.4 is 11.1 Å². The zero-order chi connectivity index (χ0) is 14.1. The van der Waals surface area contributed by atoms with Gasteiger partial charge in [0.15, 0.2) is 15.7 Å². The van der Waals surface area contributed by atoms with Gasteiger partial charge >= 0.3 is 0 Å². The summed E-state index contributed by atoms with van der Waals surface area (Å²) in [6.07, 6.45) is 0.877. The Labute approximate surface area is 103 Å². The van der Waals surface area contributed by atoms with Crippen molar-refractivity contribution in [2.75, 3.05) is 17.3 Å². The molecule has 3 N–H and O–H groups in total. The molecular formula is C10H12F2N2O3S. The van der Waals surface area contributed by atoms with Gasteiger partial charge in [-0.25, -0.2) is 17.2 Å². The van der Waals surface area contributed by atoms with Crippen LogP contribution >= 0.6 is 0 Å². The van der Waals surface area contributed by atoms with E-state index in [0.717, 1.165) is 19.2 Å². The van der Waals surface area contributed by atoms with Gasteiger partial charge in [-0.05, 0) is 13.0 Å². The molecule has 0 aromatic heterocycles. The molecule has 0 aliphatic rings. The molecule has 1 amide bonds. The van der Waals surface area contributed by atoms with Crippen LogP contribution in [0.2, 0.25) is 0 Å². The van der Waals surface area contributed by atoms with Crippen LogP contribution in [-0.2, 0) is 14.6 Å². The summed E-state index contributed by atoms with van der Waals surface area (Å²) in [5, 5.41) is 0.667. The van der Waals surface area contributed by atoms with Crippen molar-refractivity contribution in [1.29, 1.82) is 0 Å². The third-order valence-electron chi connectivity index (χ3n) is 2.35. The van der Waals surface area contributed by atoms with E-state index in [4.69, 9.17) is 5.73 Å². The van der Waals surface area contributed by atoms with Crippen LogP contribution in [0.5, 0.6) is 0 Å². The summed E-state index contributed by atoms with van der Waals surface area (Å²) in [5.41, 5.74) is 4.58. The molecule has 0 aliphatic heterocycles. The summed E-state index contributed by atoms with van der Waals surface area (Å²) in [6, 6.07) is 1.36. The number of hydrogen-bond donors (Lipinski definition) is 2. The molecule has 0 spiro atoms. The second kappa shape index (κ2) is 4.89. The summed E-state index contributed by atoms with van der Waals surface area (Å²) < 4.78 is 48.4. The summed E-state index contributed by atoms with van der Waals surface area (Å²) in [4.78, 5) is 11.5. The quantitative estimate of drug-likeness (QED) is 0.804. The summed E-state index contributed by atoms with van der Waals surface area (Å²) >= 11 is 0. The van der Waals surface area contributed by atoms with Crippen LogP contribution in [0.25, 0.3) is 0 Å². The molecule has 1 atom stereocenters. The van der Waals surface area contributed by atoms with Crippen molar-refractivity contribution in [3.63, 3.8) is 0 Å². The van der Waals surface area contributed by atoms with E-state index in [0.29, 0.717) is 6.07 Å². The molecule has 5 nitrogen and oxygen atoms in total. The molecule has 100 valence electrons. The highest BCUT2D eigenvalue weighted by molar-refractivity contribution is 7.92. The van der Waals surface area contributed by atoms with Crippen LogP contribution in [0.4, 0.5) is 20.2 Å². The zero-order valence-electron chi connectivity index (χ0n) is 9.70. The second-order valence-corrected chi connectivity index (χ2v) is 6.18. The highest BCUT2D eigenvalue weighted by atomic mass is 32.2. The Hall–Kier alpha value is -1.70. The second-order valence-electron chi connectivity index (χ2n) is 3.81. The monoisotopic (exact) mass is 278 g/mol. The molecule has 0 aliphatic carbocycles. The van der Waals surface area contributed by atoms with Gasteiger partial charge in [0.2, 0.25) is 5.91 Å². The number of anilines is 2. The van der Waals surface area contributed by atoms with E-state index < -0.39 is 38.3 Å². The first kappa shape index (κ1) is 14.4. The first-order chi connectivity index (χ1) is 8.12. The molecule has 0 radical (unpaired) electrons. The van der Waals surface area contributed by atoms with E-state index >= 15 is 0 Å². The van der Waals surface area contributed by atoms with Crippen molar-refractivity contribution in [3.8, 4) is 0 Å². The fraction of sp³-hybridized carbons (Fsp3) is 0.300. The van der Waals surface area contributed by atoms with Crippen LogP contribution in [-0.4, -0.2) is 25.8 Å². The van der Waals surface area contributed by atoms with Gasteiger partial charge in [-0.3, -0.25) is 4.79 Å². The molecule has 1 rings (SSSR count). The molecule has 1 aromatic rings. The van der Waals surface area contributed by atoms with Gasteiger partial charge in [-0.1, -0.05) is 0 Å². The first-order valence-electron chi connectivity index (χ1n) is 4.87. The molecule has 18 heavy (non-hydrogen) atoms. The molecule has 1 unspecified atom stereocenters. The predicted octanol–water partition coefficient (Wildman–Crippen LogP) is 0.919. The van der Waals surface area contributed by atoms with Gasteiger partial charge in [0.25, 0.3) is 0 Å². The van der Waals surface area contributed by atoms with Crippen molar-refractivity contribution >= 4 is 27.1 Å². The smallest absolute Gasteiger partial charge is 0.242 e. The third-order valence-corrected chi connectivity index (χ3v) is 3.84. The number of nitrogen functional groups attached to an aromatic ring is 1. The number of halogens is 2. The van der Waals surface area contributed by atoms with Crippen LogP contribution in [0.3, 0.4) is 0 Å². The fourth-order valence-corrected chi connectivity index (χ4v) is 1.59. The van der Waals surface area contributed by atoms with Gasteiger partial charge in [-0.15, -0.1) is 0 Å². The third kappa shape index (κ3) is 3.16. The fourth-order valence-electron chi connectivity index (χ4n) is 1.14. The molecule has 8 heteroatoms. The largest absolute Gasteiger partial charge is 0.397 e. The minimum absolute atomic E-state index is 0.318. The number of carbonyl (C=O) groups excluding carboxylic acids is 1. The number of amides is 1. The van der Waals surface area contributed by atoms with Gasteiger partial charge in [0.1, 0.15) is 16.8 Å². The lowest BCUT2D eigenvalue weighted by molar-refractivity contribution is -0.115. The maximum Gasteiger partial charge on any atom is 0.242 e. The van der Waals surface area contributed by atoms with Crippen LogP contribution in [0.1, 0.15) is 6.92 Å². The first-order valence-corrected chi connectivity index (χ1v) is 6.82. The van der Waals surface area contributed by atoms with Crippen LogP contribution in [0.15, 0.2) is 12.1 Å². The van der Waals surface area contributed by atoms with Crippen molar-refractivity contribution in [3.05, 3.63) is 23.8 Å². The van der Waals surface area contributed by atoms with E-state index in [9.17, 15) is 22.0 Å². The number of rotatable bonds is 3. The number of nitrogens with one attached hydrogen (secondary N) is 1. The molecule has 0 fully saturated rings. The van der Waals surface area contributed by atoms with E-state index in [1.54, 1.807) is 0 Å². The SMILES string of the molecule is CC(C(=O)Nc1c(N)cc(F)cc1F)S(C)(=O)=O. The average molecular weight is 278 g/mol. The number of nitrogens with two attached hydrogens (primary N) is 1. The molecular weight excluding hydrogens is 266 g/mol. The Balaban J connectivity index is 3.03. The molecule has 0 bridgehead atoms. The average Bonchev–Trinajstić information content (AvgIpc) is 2.20. The topological polar surface area (TPSA) is 89.3 Å². The number of hydrogen-bond acceptors (Lipinski definition) is 4. The lowest BCUT2D eigenvalue weighted by Crippen LogP contribution is -2.32. The number of carbonyl (C=O) groups is 1. The van der Waals surface area contributed by atoms with E-state index in [2.05, 4.69) is 0 Å². The normalized spacial score (nSPS) is 13.1. The summed E-state index contributed by atoms with van der Waals surface area (Å²) in [7, 11) is -3.61. The highest BCUT2D eigenvalue weighted by Crippen LogP contribution is 2.24. The maximum absolute atomic E-state index is 13.3. The van der Waals surface area contributed by atoms with E-state index in [1.165, 1.54) is 0 Å². The van der Waals surface area contributed by atoms with Gasteiger partial charge in [0, 0.05) is 12.3 Å². The Morgan fingerprint density at radius 1 is 1.39 bits per heavy atom. The minimum atomic E-state index is -3.61. The standard InChI is InChI=1S/C10H12F2N2O3S/c1-5(18(2,16)17)10(15)14-9-7(12)3-6(11)4-8(9)13/h3-5H,13H2,1-2H3,(H,14,15). The summed E-state index contributed by atoms with van der Waals surface area (Å²) in [5.74, 6) is -2.89. The van der Waals surface area contributed by atoms with Crippen molar-refractivity contribution < 1.29 is 22.0 Å². The van der Waals surface area contributed by atoms with Crippen molar-refractivity contribution in [2.24, 2.45) is 0 Å². The zero-order valence-corrected chi connectivity index (χ0v) is 10.5. The van der Waals surface area contributed by atoms with Crippen molar-refractivity contribution in [1.82, 2.24) is 0 Å². The lowest BCUT2D eigenvalue weighted by Gasteiger charge is -2.12. The highest BCUT2D eigenvalue weighted by Gasteiger charge is 2.25. The van der Waals surface area contributed by atoms with Gasteiger partial charge in [-0.2, -0.15) is 0 Å². The molecule has 0 saturated heterocycles. The molecule has 0 saturated carbocycles. The van der Waals surface area contributed by atoms with E-state index in [1.807, 2.05) is 5.32 Å². The predicted molar refractivity (Wildman–Crippen MR) is 63.7 cm³/mol. The van der Waals surface area contributed by atoms with Crippen LogP contribution in [0, 0.1) is 11.6 Å². The molecule has 1 aromatic carbocycles. The van der Waals surface area contributed by atoms with Crippen molar-refractivity contribution in [2.45, 2.75) is 12.2 Å². The molecule has 0 heterocycles. The number of sulfone groups is 1. The van der Waals surface area contributed by atoms with E-state index in [-0.39, 0.29) is 5.69 Å². The lowest BCUT2D eigenvalue weighted by atomic mass is 10.2. The minimum Gasteiger partial charge on any atom is -0.397 e. The maximum atomic E-state index is 13.3. The Morgan fingerprint density at radius 2 is 1.94 bits per heavy atom. The van der Waals surface area contributed by atoms with Gasteiger partial charge < -0.3 is 11.1 Å². The Morgan fingerprint density at radius 3 is 2.39 bits per heavy atom.